The highest BCUT2D eigenvalue weighted by Crippen LogP contribution is 2.38. The zero-order valence-corrected chi connectivity index (χ0v) is 11.6. The summed E-state index contributed by atoms with van der Waals surface area (Å²) in [4.78, 5) is 0. The van der Waals surface area contributed by atoms with Crippen molar-refractivity contribution < 1.29 is 4.39 Å². The zero-order chi connectivity index (χ0) is 13.0. The lowest BCUT2D eigenvalue weighted by molar-refractivity contribution is 0.170. The average Bonchev–Trinajstić information content (AvgIpc) is 2.32. The molecule has 3 heteroatoms. The molecule has 0 amide bonds. The van der Waals surface area contributed by atoms with E-state index in [0.29, 0.717) is 22.4 Å². The van der Waals surface area contributed by atoms with Gasteiger partial charge in [0.2, 0.25) is 0 Å². The molecular weight excluding hydrogens is 249 g/mol. The van der Waals surface area contributed by atoms with E-state index in [1.54, 1.807) is 12.1 Å². The molecule has 100 valence electrons. The summed E-state index contributed by atoms with van der Waals surface area (Å²) in [6, 6.07) is 4.95. The van der Waals surface area contributed by atoms with E-state index in [4.69, 9.17) is 11.6 Å². The van der Waals surface area contributed by atoms with Crippen molar-refractivity contribution >= 4 is 11.6 Å². The van der Waals surface area contributed by atoms with Crippen LogP contribution in [0.15, 0.2) is 18.2 Å². The van der Waals surface area contributed by atoms with Crippen molar-refractivity contribution in [2.24, 2.45) is 11.8 Å². The molecule has 1 nitrogen and oxygen atoms in total. The Morgan fingerprint density at radius 1 is 1.33 bits per heavy atom. The first kappa shape index (κ1) is 13.8. The molecule has 1 fully saturated rings. The first-order chi connectivity index (χ1) is 8.72. The van der Waals surface area contributed by atoms with Crippen LogP contribution in [0.2, 0.25) is 5.02 Å². The van der Waals surface area contributed by atoms with Gasteiger partial charge in [-0.25, -0.2) is 4.39 Å². The van der Waals surface area contributed by atoms with Gasteiger partial charge in [0.25, 0.3) is 0 Å². The minimum absolute atomic E-state index is 0.158. The van der Waals surface area contributed by atoms with Gasteiger partial charge in [0.1, 0.15) is 5.82 Å². The lowest BCUT2D eigenvalue weighted by Crippen LogP contribution is -2.36. The van der Waals surface area contributed by atoms with Crippen LogP contribution >= 0.6 is 11.6 Å². The molecule has 1 N–H and O–H groups in total. The third-order valence-corrected chi connectivity index (χ3v) is 4.29. The first-order valence-corrected chi connectivity index (χ1v) is 7.23. The van der Waals surface area contributed by atoms with Crippen LogP contribution in [0.25, 0.3) is 0 Å². The van der Waals surface area contributed by atoms with Crippen LogP contribution in [0.3, 0.4) is 0 Å². The SMILES string of the molecule is CCCNCC1CCC1Cc1c(F)cccc1Cl. The number of halogens is 2. The number of benzene rings is 1. The molecule has 0 aliphatic heterocycles. The van der Waals surface area contributed by atoms with Crippen molar-refractivity contribution in [1.82, 2.24) is 5.32 Å². The van der Waals surface area contributed by atoms with Gasteiger partial charge in [0.15, 0.2) is 0 Å². The van der Waals surface area contributed by atoms with E-state index in [9.17, 15) is 4.39 Å². The van der Waals surface area contributed by atoms with E-state index in [1.165, 1.54) is 18.9 Å². The normalized spacial score (nSPS) is 22.8. The van der Waals surface area contributed by atoms with Crippen molar-refractivity contribution in [2.45, 2.75) is 32.6 Å². The van der Waals surface area contributed by atoms with Crippen molar-refractivity contribution in [3.8, 4) is 0 Å². The molecule has 1 aromatic rings. The van der Waals surface area contributed by atoms with Gasteiger partial charge in [-0.15, -0.1) is 0 Å². The Kier molecular flexibility index (Phi) is 5.02. The van der Waals surface area contributed by atoms with Gasteiger partial charge >= 0.3 is 0 Å². The maximum Gasteiger partial charge on any atom is 0.127 e. The lowest BCUT2D eigenvalue weighted by atomic mass is 9.70. The molecule has 1 aliphatic rings. The Hall–Kier alpha value is -0.600. The molecule has 2 rings (SSSR count). The molecule has 0 heterocycles. The minimum Gasteiger partial charge on any atom is -0.316 e. The van der Waals surface area contributed by atoms with Crippen LogP contribution in [0, 0.1) is 17.7 Å². The zero-order valence-electron chi connectivity index (χ0n) is 10.9. The van der Waals surface area contributed by atoms with Gasteiger partial charge in [0.05, 0.1) is 0 Å². The third kappa shape index (κ3) is 3.24. The fourth-order valence-electron chi connectivity index (χ4n) is 2.63. The Bertz CT molecular complexity index is 374. The number of nitrogens with one attached hydrogen (secondary N) is 1. The number of hydrogen-bond acceptors (Lipinski definition) is 1. The monoisotopic (exact) mass is 269 g/mol. The second-order valence-electron chi connectivity index (χ2n) is 5.21. The van der Waals surface area contributed by atoms with Crippen molar-refractivity contribution in [2.75, 3.05) is 13.1 Å². The summed E-state index contributed by atoms with van der Waals surface area (Å²) in [6.45, 7) is 4.30. The molecule has 18 heavy (non-hydrogen) atoms. The van der Waals surface area contributed by atoms with Gasteiger partial charge in [0, 0.05) is 10.6 Å². The minimum atomic E-state index is -0.158. The Morgan fingerprint density at radius 3 is 2.72 bits per heavy atom. The highest BCUT2D eigenvalue weighted by molar-refractivity contribution is 6.31. The van der Waals surface area contributed by atoms with Crippen molar-refractivity contribution in [1.29, 1.82) is 0 Å². The van der Waals surface area contributed by atoms with Gasteiger partial charge < -0.3 is 5.32 Å². The first-order valence-electron chi connectivity index (χ1n) is 6.86. The van der Waals surface area contributed by atoms with E-state index >= 15 is 0 Å². The summed E-state index contributed by atoms with van der Waals surface area (Å²) in [5.41, 5.74) is 0.698. The van der Waals surface area contributed by atoms with Gasteiger partial charge in [-0.2, -0.15) is 0 Å². The Balaban J connectivity index is 1.89. The van der Waals surface area contributed by atoms with Crippen LogP contribution in [-0.4, -0.2) is 13.1 Å². The van der Waals surface area contributed by atoms with Gasteiger partial charge in [-0.1, -0.05) is 24.6 Å². The number of rotatable bonds is 6. The number of hydrogen-bond donors (Lipinski definition) is 1. The summed E-state index contributed by atoms with van der Waals surface area (Å²) in [6.07, 6.45) is 4.40. The highest BCUT2D eigenvalue weighted by Gasteiger charge is 2.31. The Labute approximate surface area is 114 Å². The van der Waals surface area contributed by atoms with Gasteiger partial charge in [-0.05, 0) is 62.7 Å². The fourth-order valence-corrected chi connectivity index (χ4v) is 2.87. The van der Waals surface area contributed by atoms with E-state index in [0.717, 1.165) is 25.9 Å². The maximum absolute atomic E-state index is 13.7. The fraction of sp³-hybridized carbons (Fsp3) is 0.600. The largest absolute Gasteiger partial charge is 0.316 e. The summed E-state index contributed by atoms with van der Waals surface area (Å²) in [5, 5.41) is 4.03. The van der Waals surface area contributed by atoms with E-state index < -0.39 is 0 Å². The van der Waals surface area contributed by atoms with Crippen LogP contribution < -0.4 is 5.32 Å². The molecule has 2 unspecified atom stereocenters. The molecule has 1 aliphatic carbocycles. The summed E-state index contributed by atoms with van der Waals surface area (Å²) in [7, 11) is 0. The molecule has 1 aromatic carbocycles. The van der Waals surface area contributed by atoms with Gasteiger partial charge in [-0.3, -0.25) is 0 Å². The molecule has 0 spiro atoms. The third-order valence-electron chi connectivity index (χ3n) is 3.94. The molecule has 0 aromatic heterocycles. The summed E-state index contributed by atoms with van der Waals surface area (Å²) >= 11 is 6.07. The van der Waals surface area contributed by atoms with E-state index in [-0.39, 0.29) is 5.82 Å². The molecule has 0 saturated heterocycles. The highest BCUT2D eigenvalue weighted by atomic mass is 35.5. The van der Waals surface area contributed by atoms with Crippen molar-refractivity contribution in [3.63, 3.8) is 0 Å². The van der Waals surface area contributed by atoms with Crippen LogP contribution in [0.5, 0.6) is 0 Å². The van der Waals surface area contributed by atoms with Crippen molar-refractivity contribution in [3.05, 3.63) is 34.6 Å². The molecule has 0 bridgehead atoms. The van der Waals surface area contributed by atoms with Crippen LogP contribution in [-0.2, 0) is 6.42 Å². The average molecular weight is 270 g/mol. The molecular formula is C15H21ClFN. The maximum atomic E-state index is 13.7. The summed E-state index contributed by atoms with van der Waals surface area (Å²) in [5.74, 6) is 1.12. The topological polar surface area (TPSA) is 12.0 Å². The van der Waals surface area contributed by atoms with E-state index in [1.807, 2.05) is 0 Å². The lowest BCUT2D eigenvalue weighted by Gasteiger charge is -2.37. The van der Waals surface area contributed by atoms with Crippen LogP contribution in [0.1, 0.15) is 31.7 Å². The quantitative estimate of drug-likeness (QED) is 0.769. The molecule has 1 saturated carbocycles. The van der Waals surface area contributed by atoms with Crippen LogP contribution in [0.4, 0.5) is 4.39 Å². The van der Waals surface area contributed by atoms with E-state index in [2.05, 4.69) is 12.2 Å². The second kappa shape index (κ2) is 6.53. The molecule has 2 atom stereocenters. The molecule has 0 radical (unpaired) electrons. The summed E-state index contributed by atoms with van der Waals surface area (Å²) < 4.78 is 13.7. The second-order valence-corrected chi connectivity index (χ2v) is 5.61. The predicted molar refractivity (Wildman–Crippen MR) is 74.5 cm³/mol. The predicted octanol–water partition coefficient (Wildman–Crippen LogP) is 4.05. The smallest absolute Gasteiger partial charge is 0.127 e. The standard InChI is InChI=1S/C15H21ClFN/c1-2-8-18-10-12-7-6-11(12)9-13-14(16)4-3-5-15(13)17/h3-5,11-12,18H,2,6-10H2,1H3. The Morgan fingerprint density at radius 2 is 2.11 bits per heavy atom.